The van der Waals surface area contributed by atoms with E-state index in [0.717, 1.165) is 0 Å². The van der Waals surface area contributed by atoms with Crippen molar-refractivity contribution in [3.63, 3.8) is 0 Å². The molecule has 0 saturated heterocycles. The van der Waals surface area contributed by atoms with Gasteiger partial charge in [0.25, 0.3) is 12.0 Å². The lowest BCUT2D eigenvalue weighted by molar-refractivity contribution is -0.138. The van der Waals surface area contributed by atoms with Crippen molar-refractivity contribution in [3.05, 3.63) is 33.2 Å². The number of rotatable bonds is 2. The number of H-pyrrole nitrogens is 1. The molecule has 0 aliphatic heterocycles. The SMILES string of the molecule is N#CCc1[nH]c(=O)c(C(F)F)cc1C(F)(F)F. The molecule has 92 valence electrons. The van der Waals surface area contributed by atoms with Crippen LogP contribution in [-0.2, 0) is 12.6 Å². The van der Waals surface area contributed by atoms with Crippen molar-refractivity contribution >= 4 is 0 Å². The normalized spacial score (nSPS) is 11.6. The maximum atomic E-state index is 12.5. The highest BCUT2D eigenvalue weighted by molar-refractivity contribution is 5.30. The number of hydrogen-bond acceptors (Lipinski definition) is 2. The Labute approximate surface area is 91.5 Å². The van der Waals surface area contributed by atoms with E-state index in [9.17, 15) is 26.7 Å². The largest absolute Gasteiger partial charge is 0.418 e. The molecule has 1 aromatic heterocycles. The van der Waals surface area contributed by atoms with Gasteiger partial charge in [-0.3, -0.25) is 4.79 Å². The quantitative estimate of drug-likeness (QED) is 0.821. The molecular formula is C9H5F5N2O. The van der Waals surface area contributed by atoms with E-state index < -0.39 is 41.4 Å². The third-order valence-corrected chi connectivity index (χ3v) is 1.95. The van der Waals surface area contributed by atoms with E-state index in [1.54, 1.807) is 4.98 Å². The van der Waals surface area contributed by atoms with Crippen LogP contribution in [0.4, 0.5) is 22.0 Å². The number of nitriles is 1. The first kappa shape index (κ1) is 13.2. The maximum absolute atomic E-state index is 12.5. The van der Waals surface area contributed by atoms with Crippen LogP contribution >= 0.6 is 0 Å². The molecule has 17 heavy (non-hydrogen) atoms. The molecule has 0 amide bonds. The first-order valence-electron chi connectivity index (χ1n) is 4.25. The molecule has 0 aliphatic rings. The Hall–Kier alpha value is -1.91. The Balaban J connectivity index is 3.49. The summed E-state index contributed by atoms with van der Waals surface area (Å²) in [5, 5.41) is 8.29. The molecule has 1 aromatic rings. The summed E-state index contributed by atoms with van der Waals surface area (Å²) in [7, 11) is 0. The van der Waals surface area contributed by atoms with E-state index in [2.05, 4.69) is 0 Å². The van der Waals surface area contributed by atoms with Crippen LogP contribution in [0.25, 0.3) is 0 Å². The van der Waals surface area contributed by atoms with E-state index in [1.165, 1.54) is 6.07 Å². The fourth-order valence-electron chi connectivity index (χ4n) is 1.22. The van der Waals surface area contributed by atoms with Gasteiger partial charge in [0, 0.05) is 5.69 Å². The van der Waals surface area contributed by atoms with Crippen LogP contribution in [0, 0.1) is 11.3 Å². The van der Waals surface area contributed by atoms with Crippen molar-refractivity contribution in [2.45, 2.75) is 19.0 Å². The summed E-state index contributed by atoms with van der Waals surface area (Å²) in [5.41, 5.74) is -4.72. The fraction of sp³-hybridized carbons (Fsp3) is 0.333. The van der Waals surface area contributed by atoms with E-state index in [0.29, 0.717) is 0 Å². The van der Waals surface area contributed by atoms with E-state index in [1.807, 2.05) is 0 Å². The van der Waals surface area contributed by atoms with Crippen LogP contribution in [0.3, 0.4) is 0 Å². The van der Waals surface area contributed by atoms with Gasteiger partial charge in [0.1, 0.15) is 0 Å². The third-order valence-electron chi connectivity index (χ3n) is 1.95. The number of aromatic amines is 1. The second kappa shape index (κ2) is 4.53. The van der Waals surface area contributed by atoms with Crippen molar-refractivity contribution in [1.82, 2.24) is 4.98 Å². The van der Waals surface area contributed by atoms with Crippen LogP contribution in [0.5, 0.6) is 0 Å². The van der Waals surface area contributed by atoms with Crippen LogP contribution in [0.15, 0.2) is 10.9 Å². The summed E-state index contributed by atoms with van der Waals surface area (Å²) in [5.74, 6) is 0. The molecule has 0 spiro atoms. The maximum Gasteiger partial charge on any atom is 0.418 e. The highest BCUT2D eigenvalue weighted by Crippen LogP contribution is 2.32. The monoisotopic (exact) mass is 252 g/mol. The van der Waals surface area contributed by atoms with Crippen molar-refractivity contribution in [1.29, 1.82) is 5.26 Å². The number of hydrogen-bond donors (Lipinski definition) is 1. The topological polar surface area (TPSA) is 56.6 Å². The second-order valence-electron chi connectivity index (χ2n) is 3.08. The smallest absolute Gasteiger partial charge is 0.324 e. The summed E-state index contributed by atoms with van der Waals surface area (Å²) in [6.45, 7) is 0. The Kier molecular flexibility index (Phi) is 3.50. The van der Waals surface area contributed by atoms with Crippen LogP contribution in [0.1, 0.15) is 23.2 Å². The highest BCUT2D eigenvalue weighted by Gasteiger charge is 2.35. The first-order valence-corrected chi connectivity index (χ1v) is 4.25. The molecule has 0 atom stereocenters. The van der Waals surface area contributed by atoms with E-state index in [-0.39, 0.29) is 6.07 Å². The zero-order valence-corrected chi connectivity index (χ0v) is 8.11. The minimum absolute atomic E-state index is 0.0795. The molecule has 3 nitrogen and oxygen atoms in total. The van der Waals surface area contributed by atoms with E-state index in [4.69, 9.17) is 5.26 Å². The molecule has 0 radical (unpaired) electrons. The highest BCUT2D eigenvalue weighted by atomic mass is 19.4. The van der Waals surface area contributed by atoms with Crippen molar-refractivity contribution < 1.29 is 22.0 Å². The number of aromatic nitrogens is 1. The minimum Gasteiger partial charge on any atom is -0.324 e. The molecule has 1 N–H and O–H groups in total. The average Bonchev–Trinajstić information content (AvgIpc) is 2.15. The van der Waals surface area contributed by atoms with Gasteiger partial charge in [0.05, 0.1) is 23.6 Å². The van der Waals surface area contributed by atoms with Crippen LogP contribution in [-0.4, -0.2) is 4.98 Å². The summed E-state index contributed by atoms with van der Waals surface area (Å²) in [4.78, 5) is 12.7. The Bertz CT molecular complexity index is 512. The average molecular weight is 252 g/mol. The zero-order valence-electron chi connectivity index (χ0n) is 8.11. The molecule has 0 unspecified atom stereocenters. The number of nitrogens with zero attached hydrogens (tertiary/aromatic N) is 1. The molecule has 0 aliphatic carbocycles. The molecule has 1 rings (SSSR count). The lowest BCUT2D eigenvalue weighted by Crippen LogP contribution is -2.21. The molecular weight excluding hydrogens is 247 g/mol. The summed E-state index contributed by atoms with van der Waals surface area (Å²) < 4.78 is 61.9. The Morgan fingerprint density at radius 2 is 2.00 bits per heavy atom. The predicted molar refractivity (Wildman–Crippen MR) is 46.3 cm³/mol. The molecule has 0 fully saturated rings. The lowest BCUT2D eigenvalue weighted by atomic mass is 10.1. The molecule has 0 saturated carbocycles. The molecule has 8 heteroatoms. The van der Waals surface area contributed by atoms with E-state index >= 15 is 0 Å². The Morgan fingerprint density at radius 1 is 1.41 bits per heavy atom. The van der Waals surface area contributed by atoms with Gasteiger partial charge in [0.2, 0.25) is 0 Å². The molecule has 0 aromatic carbocycles. The van der Waals surface area contributed by atoms with Gasteiger partial charge < -0.3 is 4.98 Å². The summed E-state index contributed by atoms with van der Waals surface area (Å²) in [6, 6.07) is 1.49. The minimum atomic E-state index is -4.90. The number of nitrogens with one attached hydrogen (secondary N) is 1. The summed E-state index contributed by atoms with van der Waals surface area (Å²) >= 11 is 0. The van der Waals surface area contributed by atoms with Crippen molar-refractivity contribution in [3.8, 4) is 6.07 Å². The predicted octanol–water partition coefficient (Wildman–Crippen LogP) is 2.40. The third kappa shape index (κ3) is 2.81. The van der Waals surface area contributed by atoms with Crippen LogP contribution < -0.4 is 5.56 Å². The van der Waals surface area contributed by atoms with Gasteiger partial charge in [-0.25, -0.2) is 8.78 Å². The number of halogens is 5. The van der Waals surface area contributed by atoms with Gasteiger partial charge in [-0.15, -0.1) is 0 Å². The van der Waals surface area contributed by atoms with Crippen LogP contribution in [0.2, 0.25) is 0 Å². The fourth-order valence-corrected chi connectivity index (χ4v) is 1.22. The van der Waals surface area contributed by atoms with Crippen molar-refractivity contribution in [2.75, 3.05) is 0 Å². The second-order valence-corrected chi connectivity index (χ2v) is 3.08. The molecule has 1 heterocycles. The van der Waals surface area contributed by atoms with Gasteiger partial charge in [-0.05, 0) is 6.07 Å². The first-order chi connectivity index (χ1) is 7.77. The van der Waals surface area contributed by atoms with Gasteiger partial charge in [-0.2, -0.15) is 18.4 Å². The van der Waals surface area contributed by atoms with Crippen molar-refractivity contribution in [2.24, 2.45) is 0 Å². The molecule has 0 bridgehead atoms. The van der Waals surface area contributed by atoms with Gasteiger partial charge >= 0.3 is 6.18 Å². The zero-order chi connectivity index (χ0) is 13.2. The lowest BCUT2D eigenvalue weighted by Gasteiger charge is -2.12. The Morgan fingerprint density at radius 3 is 2.41 bits per heavy atom. The van der Waals surface area contributed by atoms with Gasteiger partial charge in [-0.1, -0.05) is 0 Å². The standard InChI is InChI=1S/C9H5F5N2O/c10-7(11)4-3-5(9(12,13)14)6(1-2-15)16-8(4)17/h3,7H,1H2,(H,16,17). The van der Waals surface area contributed by atoms with Gasteiger partial charge in [0.15, 0.2) is 0 Å². The summed E-state index contributed by atoms with van der Waals surface area (Å²) in [6.07, 6.45) is -8.93. The number of pyridine rings is 1. The number of alkyl halides is 5.